The SMILES string of the molecule is CC1(C)CCC(O)(CNC(=O)C2CCSC2)CC1. The van der Waals surface area contributed by atoms with E-state index < -0.39 is 5.60 Å². The van der Waals surface area contributed by atoms with Crippen LogP contribution in [0.5, 0.6) is 0 Å². The fourth-order valence-electron chi connectivity index (χ4n) is 2.71. The Labute approximate surface area is 114 Å². The first-order valence-electron chi connectivity index (χ1n) is 6.98. The first-order valence-corrected chi connectivity index (χ1v) is 8.14. The summed E-state index contributed by atoms with van der Waals surface area (Å²) in [5, 5.41) is 13.4. The lowest BCUT2D eigenvalue weighted by Gasteiger charge is -2.40. The second kappa shape index (κ2) is 5.41. The summed E-state index contributed by atoms with van der Waals surface area (Å²) < 4.78 is 0. The van der Waals surface area contributed by atoms with Crippen LogP contribution in [0, 0.1) is 11.3 Å². The summed E-state index contributed by atoms with van der Waals surface area (Å²) in [7, 11) is 0. The third kappa shape index (κ3) is 3.64. The Balaban J connectivity index is 1.77. The molecular formula is C14H25NO2S. The van der Waals surface area contributed by atoms with Gasteiger partial charge < -0.3 is 10.4 Å². The van der Waals surface area contributed by atoms with Crippen molar-refractivity contribution >= 4 is 17.7 Å². The third-order valence-corrected chi connectivity index (χ3v) is 5.59. The molecule has 4 heteroatoms. The lowest BCUT2D eigenvalue weighted by molar-refractivity contribution is -0.126. The average molecular weight is 271 g/mol. The van der Waals surface area contributed by atoms with E-state index in [1.165, 1.54) is 0 Å². The molecule has 1 heterocycles. The summed E-state index contributed by atoms with van der Waals surface area (Å²) in [4.78, 5) is 11.9. The van der Waals surface area contributed by atoms with Crippen LogP contribution in [0.2, 0.25) is 0 Å². The molecule has 0 aromatic rings. The molecule has 1 unspecified atom stereocenters. The highest BCUT2D eigenvalue weighted by Gasteiger charge is 2.37. The van der Waals surface area contributed by atoms with Crippen LogP contribution in [0.25, 0.3) is 0 Å². The van der Waals surface area contributed by atoms with Crippen LogP contribution in [0.15, 0.2) is 0 Å². The molecule has 2 fully saturated rings. The Hall–Kier alpha value is -0.220. The van der Waals surface area contributed by atoms with Crippen LogP contribution in [-0.2, 0) is 4.79 Å². The molecule has 2 aliphatic rings. The quantitative estimate of drug-likeness (QED) is 0.827. The van der Waals surface area contributed by atoms with E-state index in [-0.39, 0.29) is 11.8 Å². The largest absolute Gasteiger partial charge is 0.388 e. The highest BCUT2D eigenvalue weighted by atomic mass is 32.2. The molecule has 1 aliphatic heterocycles. The molecule has 0 radical (unpaired) electrons. The minimum Gasteiger partial charge on any atom is -0.388 e. The van der Waals surface area contributed by atoms with Crippen molar-refractivity contribution in [3.8, 4) is 0 Å². The van der Waals surface area contributed by atoms with Gasteiger partial charge in [-0.05, 0) is 43.3 Å². The Morgan fingerprint density at radius 2 is 2.00 bits per heavy atom. The molecule has 2 N–H and O–H groups in total. The predicted octanol–water partition coefficient (Wildman–Crippen LogP) is 2.19. The Kier molecular flexibility index (Phi) is 4.27. The van der Waals surface area contributed by atoms with Gasteiger partial charge in [-0.3, -0.25) is 4.79 Å². The lowest BCUT2D eigenvalue weighted by Crippen LogP contribution is -2.47. The number of rotatable bonds is 3. The van der Waals surface area contributed by atoms with Gasteiger partial charge in [0, 0.05) is 18.2 Å². The lowest BCUT2D eigenvalue weighted by atomic mass is 9.71. The van der Waals surface area contributed by atoms with Crippen LogP contribution in [-0.4, -0.2) is 34.7 Å². The first kappa shape index (κ1) is 14.2. The number of carbonyl (C=O) groups excluding carboxylic acids is 1. The molecular weight excluding hydrogens is 246 g/mol. The van der Waals surface area contributed by atoms with Crippen molar-refractivity contribution in [3.05, 3.63) is 0 Å². The molecule has 0 aromatic carbocycles. The fourth-order valence-corrected chi connectivity index (χ4v) is 3.93. The molecule has 1 saturated carbocycles. The number of hydrogen-bond acceptors (Lipinski definition) is 3. The maximum Gasteiger partial charge on any atom is 0.224 e. The molecule has 0 aromatic heterocycles. The van der Waals surface area contributed by atoms with E-state index in [1.807, 2.05) is 11.8 Å². The average Bonchev–Trinajstić information content (AvgIpc) is 2.85. The smallest absolute Gasteiger partial charge is 0.224 e. The van der Waals surface area contributed by atoms with Crippen molar-refractivity contribution in [2.45, 2.75) is 51.6 Å². The van der Waals surface area contributed by atoms with E-state index in [1.54, 1.807) is 0 Å². The molecule has 3 nitrogen and oxygen atoms in total. The van der Waals surface area contributed by atoms with Crippen LogP contribution >= 0.6 is 11.8 Å². The van der Waals surface area contributed by atoms with Crippen molar-refractivity contribution in [3.63, 3.8) is 0 Å². The summed E-state index contributed by atoms with van der Waals surface area (Å²) in [5.41, 5.74) is -0.324. The van der Waals surface area contributed by atoms with Gasteiger partial charge in [-0.15, -0.1) is 0 Å². The molecule has 1 saturated heterocycles. The van der Waals surface area contributed by atoms with Gasteiger partial charge in [0.05, 0.1) is 5.60 Å². The molecule has 1 aliphatic carbocycles. The van der Waals surface area contributed by atoms with Gasteiger partial charge in [0.1, 0.15) is 0 Å². The van der Waals surface area contributed by atoms with E-state index in [4.69, 9.17) is 0 Å². The van der Waals surface area contributed by atoms with Gasteiger partial charge in [0.25, 0.3) is 0 Å². The molecule has 0 spiro atoms. The standard InChI is InChI=1S/C14H25NO2S/c1-13(2)4-6-14(17,7-5-13)10-15-12(16)11-3-8-18-9-11/h11,17H,3-10H2,1-2H3,(H,15,16). The van der Waals surface area contributed by atoms with E-state index >= 15 is 0 Å². The van der Waals surface area contributed by atoms with Crippen LogP contribution in [0.4, 0.5) is 0 Å². The second-order valence-electron chi connectivity index (χ2n) is 6.67. The van der Waals surface area contributed by atoms with Crippen LogP contribution in [0.1, 0.15) is 46.0 Å². The minimum absolute atomic E-state index is 0.137. The fraction of sp³-hybridized carbons (Fsp3) is 0.929. The zero-order valence-corrected chi connectivity index (χ0v) is 12.3. The van der Waals surface area contributed by atoms with E-state index in [2.05, 4.69) is 19.2 Å². The van der Waals surface area contributed by atoms with Crippen molar-refractivity contribution < 1.29 is 9.90 Å². The van der Waals surface area contributed by atoms with Gasteiger partial charge in [-0.1, -0.05) is 13.8 Å². The molecule has 2 rings (SSSR count). The van der Waals surface area contributed by atoms with Crippen molar-refractivity contribution in [1.82, 2.24) is 5.32 Å². The van der Waals surface area contributed by atoms with Gasteiger partial charge in [-0.25, -0.2) is 0 Å². The number of nitrogens with one attached hydrogen (secondary N) is 1. The summed E-state index contributed by atoms with van der Waals surface area (Å²) in [6.45, 7) is 4.94. The zero-order chi connectivity index (χ0) is 13.2. The number of thioether (sulfide) groups is 1. The molecule has 0 bridgehead atoms. The van der Waals surface area contributed by atoms with Crippen molar-refractivity contribution in [1.29, 1.82) is 0 Å². The highest BCUT2D eigenvalue weighted by molar-refractivity contribution is 7.99. The van der Waals surface area contributed by atoms with Crippen LogP contribution < -0.4 is 5.32 Å². The number of carbonyl (C=O) groups is 1. The third-order valence-electron chi connectivity index (χ3n) is 4.43. The summed E-state index contributed by atoms with van der Waals surface area (Å²) >= 11 is 1.85. The van der Waals surface area contributed by atoms with Gasteiger partial charge in [0.15, 0.2) is 0 Å². The molecule has 104 valence electrons. The molecule has 18 heavy (non-hydrogen) atoms. The minimum atomic E-state index is -0.670. The Morgan fingerprint density at radius 1 is 1.33 bits per heavy atom. The maximum absolute atomic E-state index is 11.9. The van der Waals surface area contributed by atoms with Gasteiger partial charge in [-0.2, -0.15) is 11.8 Å². The first-order chi connectivity index (χ1) is 8.40. The van der Waals surface area contributed by atoms with Crippen molar-refractivity contribution in [2.24, 2.45) is 11.3 Å². The van der Waals surface area contributed by atoms with Crippen LogP contribution in [0.3, 0.4) is 0 Å². The van der Waals surface area contributed by atoms with E-state index in [9.17, 15) is 9.90 Å². The maximum atomic E-state index is 11.9. The Morgan fingerprint density at radius 3 is 2.56 bits per heavy atom. The van der Waals surface area contributed by atoms with Gasteiger partial charge >= 0.3 is 0 Å². The van der Waals surface area contributed by atoms with E-state index in [0.717, 1.165) is 43.6 Å². The van der Waals surface area contributed by atoms with E-state index in [0.29, 0.717) is 12.0 Å². The monoisotopic (exact) mass is 271 g/mol. The zero-order valence-electron chi connectivity index (χ0n) is 11.5. The Bertz CT molecular complexity index is 301. The summed E-state index contributed by atoms with van der Waals surface area (Å²) in [6, 6.07) is 0. The predicted molar refractivity (Wildman–Crippen MR) is 75.6 cm³/mol. The normalized spacial score (nSPS) is 30.1. The number of aliphatic hydroxyl groups is 1. The number of hydrogen-bond donors (Lipinski definition) is 2. The highest BCUT2D eigenvalue weighted by Crippen LogP contribution is 2.39. The molecule has 1 amide bonds. The topological polar surface area (TPSA) is 49.3 Å². The number of amides is 1. The summed E-state index contributed by atoms with van der Waals surface area (Å²) in [5.74, 6) is 2.34. The van der Waals surface area contributed by atoms with Crippen molar-refractivity contribution in [2.75, 3.05) is 18.1 Å². The van der Waals surface area contributed by atoms with Gasteiger partial charge in [0.2, 0.25) is 5.91 Å². The molecule has 1 atom stereocenters. The summed E-state index contributed by atoms with van der Waals surface area (Å²) in [6.07, 6.45) is 4.68. The second-order valence-corrected chi connectivity index (χ2v) is 7.82.